The quantitative estimate of drug-likeness (QED) is 0.780. The van der Waals surface area contributed by atoms with E-state index in [1.807, 2.05) is 24.3 Å². The van der Waals surface area contributed by atoms with E-state index in [9.17, 15) is 0 Å². The van der Waals surface area contributed by atoms with Crippen LogP contribution >= 0.6 is 0 Å². The van der Waals surface area contributed by atoms with E-state index < -0.39 is 0 Å². The number of benzene rings is 1. The molecule has 0 bridgehead atoms. The van der Waals surface area contributed by atoms with Crippen LogP contribution in [0.1, 0.15) is 5.56 Å². The third-order valence-corrected chi connectivity index (χ3v) is 3.40. The van der Waals surface area contributed by atoms with Crippen LogP contribution in [0.4, 0.5) is 17.2 Å². The van der Waals surface area contributed by atoms with Crippen molar-refractivity contribution >= 4 is 17.2 Å². The number of hydrogen-bond acceptors (Lipinski definition) is 4. The molecule has 2 aromatic rings. The van der Waals surface area contributed by atoms with Gasteiger partial charge in [0.2, 0.25) is 0 Å². The minimum atomic E-state index is 0.589. The van der Waals surface area contributed by atoms with E-state index in [2.05, 4.69) is 40.0 Å². The molecule has 19 heavy (non-hydrogen) atoms. The second kappa shape index (κ2) is 4.62. The van der Waals surface area contributed by atoms with Gasteiger partial charge in [-0.3, -0.25) is 0 Å². The van der Waals surface area contributed by atoms with E-state index in [-0.39, 0.29) is 0 Å². The molecule has 2 heterocycles. The zero-order valence-corrected chi connectivity index (χ0v) is 10.7. The normalized spacial score (nSPS) is 13.9. The molecule has 3 rings (SSSR count). The maximum atomic E-state index is 8.82. The van der Waals surface area contributed by atoms with Gasteiger partial charge in [-0.1, -0.05) is 12.1 Å². The van der Waals surface area contributed by atoms with Crippen molar-refractivity contribution in [3.63, 3.8) is 0 Å². The Kier molecular flexibility index (Phi) is 2.81. The second-order valence-electron chi connectivity index (χ2n) is 4.58. The number of likely N-dealkylation sites (N-methyl/N-ethyl adjacent to an activating group) is 1. The molecule has 1 aromatic heterocycles. The maximum absolute atomic E-state index is 8.82. The van der Waals surface area contributed by atoms with E-state index >= 15 is 0 Å². The standard InChI is InChI=1S/C15H14N4/c1-18-8-9-19(14-5-3-2-4-13(14)18)15-7-6-12(10-16)11-17-15/h2-7,11H,8-9H2,1H3. The fourth-order valence-corrected chi connectivity index (χ4v) is 2.36. The Balaban J connectivity index is 2.02. The number of nitrogens with zero attached hydrogens (tertiary/aromatic N) is 4. The molecule has 4 heteroatoms. The molecule has 0 saturated carbocycles. The number of anilines is 3. The molecular weight excluding hydrogens is 236 g/mol. The van der Waals surface area contributed by atoms with Gasteiger partial charge in [0.05, 0.1) is 16.9 Å². The third kappa shape index (κ3) is 2.00. The minimum absolute atomic E-state index is 0.589. The van der Waals surface area contributed by atoms with E-state index in [1.165, 1.54) is 5.69 Å². The lowest BCUT2D eigenvalue weighted by molar-refractivity contribution is 0.813. The van der Waals surface area contributed by atoms with Crippen molar-refractivity contribution in [2.24, 2.45) is 0 Å². The summed E-state index contributed by atoms with van der Waals surface area (Å²) in [5, 5.41) is 8.82. The average molecular weight is 250 g/mol. The van der Waals surface area contributed by atoms with Crippen molar-refractivity contribution in [2.75, 3.05) is 29.9 Å². The Morgan fingerprint density at radius 3 is 2.58 bits per heavy atom. The summed E-state index contributed by atoms with van der Waals surface area (Å²) in [5.74, 6) is 0.888. The number of fused-ring (bicyclic) bond motifs is 1. The molecule has 0 spiro atoms. The van der Waals surface area contributed by atoms with Crippen molar-refractivity contribution in [3.05, 3.63) is 48.2 Å². The number of rotatable bonds is 1. The Bertz CT molecular complexity index is 627. The SMILES string of the molecule is CN1CCN(c2ccc(C#N)cn2)c2ccccc21. The van der Waals surface area contributed by atoms with Gasteiger partial charge in [-0.2, -0.15) is 5.26 Å². The second-order valence-corrected chi connectivity index (χ2v) is 4.58. The summed E-state index contributed by atoms with van der Waals surface area (Å²) in [6.07, 6.45) is 1.62. The number of hydrogen-bond donors (Lipinski definition) is 0. The number of aromatic nitrogens is 1. The van der Waals surface area contributed by atoms with Crippen LogP contribution in [0.5, 0.6) is 0 Å². The molecule has 0 aliphatic carbocycles. The van der Waals surface area contributed by atoms with Gasteiger partial charge in [0, 0.05) is 26.3 Å². The van der Waals surface area contributed by atoms with Crippen LogP contribution in [-0.4, -0.2) is 25.1 Å². The first-order valence-electron chi connectivity index (χ1n) is 6.23. The van der Waals surface area contributed by atoms with Crippen LogP contribution in [0.3, 0.4) is 0 Å². The van der Waals surface area contributed by atoms with Crippen molar-refractivity contribution in [1.29, 1.82) is 5.26 Å². The summed E-state index contributed by atoms with van der Waals surface area (Å²) in [6.45, 7) is 1.85. The predicted octanol–water partition coefficient (Wildman–Crippen LogP) is 2.54. The Morgan fingerprint density at radius 2 is 1.89 bits per heavy atom. The summed E-state index contributed by atoms with van der Waals surface area (Å²) in [6, 6.07) is 14.1. The van der Waals surface area contributed by atoms with Crippen molar-refractivity contribution < 1.29 is 0 Å². The van der Waals surface area contributed by atoms with Gasteiger partial charge < -0.3 is 9.80 Å². The van der Waals surface area contributed by atoms with E-state index in [0.717, 1.165) is 24.6 Å². The van der Waals surface area contributed by atoms with Crippen molar-refractivity contribution in [1.82, 2.24) is 4.98 Å². The number of pyridine rings is 1. The van der Waals surface area contributed by atoms with E-state index in [4.69, 9.17) is 5.26 Å². The molecule has 4 nitrogen and oxygen atoms in total. The van der Waals surface area contributed by atoms with Gasteiger partial charge in [-0.15, -0.1) is 0 Å². The fourth-order valence-electron chi connectivity index (χ4n) is 2.36. The molecule has 1 aliphatic heterocycles. The van der Waals surface area contributed by atoms with Crippen LogP contribution < -0.4 is 9.80 Å². The Hall–Kier alpha value is -2.54. The molecule has 1 aliphatic rings. The summed E-state index contributed by atoms with van der Waals surface area (Å²) in [4.78, 5) is 8.82. The van der Waals surface area contributed by atoms with Gasteiger partial charge in [0.1, 0.15) is 11.9 Å². The zero-order valence-electron chi connectivity index (χ0n) is 10.7. The van der Waals surface area contributed by atoms with E-state index in [1.54, 1.807) is 6.20 Å². The topological polar surface area (TPSA) is 43.2 Å². The molecule has 0 amide bonds. The Morgan fingerprint density at radius 1 is 1.11 bits per heavy atom. The zero-order chi connectivity index (χ0) is 13.2. The lowest BCUT2D eigenvalue weighted by Gasteiger charge is -2.36. The summed E-state index contributed by atoms with van der Waals surface area (Å²) < 4.78 is 0. The Labute approximate surface area is 112 Å². The molecule has 0 N–H and O–H groups in total. The highest BCUT2D eigenvalue weighted by Gasteiger charge is 2.21. The lowest BCUT2D eigenvalue weighted by atomic mass is 10.1. The average Bonchev–Trinajstić information content (AvgIpc) is 2.48. The van der Waals surface area contributed by atoms with Gasteiger partial charge in [0.25, 0.3) is 0 Å². The lowest BCUT2D eigenvalue weighted by Crippen LogP contribution is -2.36. The highest BCUT2D eigenvalue weighted by Crippen LogP contribution is 2.35. The van der Waals surface area contributed by atoms with Crippen molar-refractivity contribution in [2.45, 2.75) is 0 Å². The summed E-state index contributed by atoms with van der Waals surface area (Å²) >= 11 is 0. The van der Waals surface area contributed by atoms with Gasteiger partial charge in [-0.05, 0) is 24.3 Å². The monoisotopic (exact) mass is 250 g/mol. The van der Waals surface area contributed by atoms with Crippen LogP contribution in [0.15, 0.2) is 42.6 Å². The van der Waals surface area contributed by atoms with Crippen LogP contribution in [0, 0.1) is 11.3 Å². The largest absolute Gasteiger partial charge is 0.371 e. The fraction of sp³-hybridized carbons (Fsp3) is 0.200. The molecule has 1 aromatic carbocycles. The summed E-state index contributed by atoms with van der Waals surface area (Å²) in [5.41, 5.74) is 2.96. The van der Waals surface area contributed by atoms with Crippen LogP contribution in [0.25, 0.3) is 0 Å². The van der Waals surface area contributed by atoms with Crippen LogP contribution in [-0.2, 0) is 0 Å². The molecule has 0 atom stereocenters. The molecule has 94 valence electrons. The van der Waals surface area contributed by atoms with E-state index in [0.29, 0.717) is 5.56 Å². The molecule has 0 unspecified atom stereocenters. The highest BCUT2D eigenvalue weighted by molar-refractivity contribution is 5.78. The molecule has 0 fully saturated rings. The first-order valence-corrected chi connectivity index (χ1v) is 6.23. The number of para-hydroxylation sites is 2. The smallest absolute Gasteiger partial charge is 0.133 e. The highest BCUT2D eigenvalue weighted by atomic mass is 15.3. The number of nitriles is 1. The molecule has 0 radical (unpaired) electrons. The van der Waals surface area contributed by atoms with Gasteiger partial charge in [0.15, 0.2) is 0 Å². The first-order chi connectivity index (χ1) is 9.29. The summed E-state index contributed by atoms with van der Waals surface area (Å²) in [7, 11) is 2.10. The minimum Gasteiger partial charge on any atom is -0.371 e. The van der Waals surface area contributed by atoms with Gasteiger partial charge >= 0.3 is 0 Å². The maximum Gasteiger partial charge on any atom is 0.133 e. The molecule has 0 saturated heterocycles. The van der Waals surface area contributed by atoms with Gasteiger partial charge in [-0.25, -0.2) is 4.98 Å². The predicted molar refractivity (Wildman–Crippen MR) is 75.7 cm³/mol. The third-order valence-electron chi connectivity index (χ3n) is 3.40. The van der Waals surface area contributed by atoms with Crippen molar-refractivity contribution in [3.8, 4) is 6.07 Å². The molecular formula is C15H14N4. The first kappa shape index (κ1) is 11.5. The van der Waals surface area contributed by atoms with Crippen LogP contribution in [0.2, 0.25) is 0 Å².